The molecule has 1 heterocycles. The van der Waals surface area contributed by atoms with Crippen molar-refractivity contribution in [2.45, 2.75) is 46.1 Å². The fourth-order valence-electron chi connectivity index (χ4n) is 3.85. The van der Waals surface area contributed by atoms with E-state index in [-0.39, 0.29) is 17.9 Å². The van der Waals surface area contributed by atoms with Crippen molar-refractivity contribution in [2.75, 3.05) is 26.3 Å². The monoisotopic (exact) mass is 424 g/mol. The van der Waals surface area contributed by atoms with Gasteiger partial charge < -0.3 is 19.7 Å². The zero-order valence-corrected chi connectivity index (χ0v) is 18.6. The average Bonchev–Trinajstić information content (AvgIpc) is 2.74. The molecule has 31 heavy (non-hydrogen) atoms. The zero-order chi connectivity index (χ0) is 22.2. The van der Waals surface area contributed by atoms with E-state index in [9.17, 15) is 9.59 Å². The number of hydrogen-bond donors (Lipinski definition) is 1. The Kier molecular flexibility index (Phi) is 7.93. The number of hydrogen-bond acceptors (Lipinski definition) is 4. The number of rotatable bonds is 8. The van der Waals surface area contributed by atoms with Gasteiger partial charge in [-0.15, -0.1) is 0 Å². The molecule has 2 aromatic rings. The van der Waals surface area contributed by atoms with Crippen LogP contribution in [-0.2, 0) is 4.79 Å². The fraction of sp³-hybridized carbons (Fsp3) is 0.440. The van der Waals surface area contributed by atoms with E-state index in [1.54, 1.807) is 12.1 Å². The van der Waals surface area contributed by atoms with Crippen LogP contribution in [0.4, 0.5) is 0 Å². The molecule has 0 atom stereocenters. The standard InChI is InChI=1S/C25H32N2O4/c1-4-30-22-7-5-20(6-8-22)25(29)27-12-9-21(10-13-27)26-24(28)11-14-31-23-16-18(2)15-19(3)17-23/h5-8,15-17,21H,4,9-14H2,1-3H3,(H,26,28). The molecule has 3 rings (SSSR count). The van der Waals surface area contributed by atoms with Crippen LogP contribution in [0.2, 0.25) is 0 Å². The molecule has 0 aromatic heterocycles. The Morgan fingerprint density at radius 3 is 2.23 bits per heavy atom. The first-order valence-electron chi connectivity index (χ1n) is 11.0. The van der Waals surface area contributed by atoms with Gasteiger partial charge in [0, 0.05) is 24.7 Å². The smallest absolute Gasteiger partial charge is 0.253 e. The Labute approximate surface area is 184 Å². The topological polar surface area (TPSA) is 67.9 Å². The molecule has 0 aliphatic carbocycles. The van der Waals surface area contributed by atoms with E-state index in [0.717, 1.165) is 35.5 Å². The number of carbonyl (C=O) groups excluding carboxylic acids is 2. The van der Waals surface area contributed by atoms with Crippen molar-refractivity contribution < 1.29 is 19.1 Å². The summed E-state index contributed by atoms with van der Waals surface area (Å²) >= 11 is 0. The summed E-state index contributed by atoms with van der Waals surface area (Å²) < 4.78 is 11.2. The summed E-state index contributed by atoms with van der Waals surface area (Å²) in [7, 11) is 0. The minimum Gasteiger partial charge on any atom is -0.494 e. The van der Waals surface area contributed by atoms with Gasteiger partial charge in [-0.3, -0.25) is 9.59 Å². The predicted molar refractivity (Wildman–Crippen MR) is 121 cm³/mol. The van der Waals surface area contributed by atoms with Gasteiger partial charge in [0.15, 0.2) is 0 Å². The second-order valence-electron chi connectivity index (χ2n) is 8.01. The summed E-state index contributed by atoms with van der Waals surface area (Å²) in [6, 6.07) is 13.4. The highest BCUT2D eigenvalue weighted by atomic mass is 16.5. The van der Waals surface area contributed by atoms with E-state index in [2.05, 4.69) is 11.4 Å². The van der Waals surface area contributed by atoms with E-state index < -0.39 is 0 Å². The third-order valence-electron chi connectivity index (χ3n) is 5.35. The van der Waals surface area contributed by atoms with Gasteiger partial charge in [0.2, 0.25) is 5.91 Å². The maximum Gasteiger partial charge on any atom is 0.253 e. The lowest BCUT2D eigenvalue weighted by atomic mass is 10.0. The van der Waals surface area contributed by atoms with Crippen molar-refractivity contribution in [1.82, 2.24) is 10.2 Å². The summed E-state index contributed by atoms with van der Waals surface area (Å²) in [4.78, 5) is 26.8. The SMILES string of the molecule is CCOc1ccc(C(=O)N2CCC(NC(=O)CCOc3cc(C)cc(C)c3)CC2)cc1. The molecular formula is C25H32N2O4. The molecule has 166 valence electrons. The van der Waals surface area contributed by atoms with Crippen molar-refractivity contribution >= 4 is 11.8 Å². The lowest BCUT2D eigenvalue weighted by Gasteiger charge is -2.32. The van der Waals surface area contributed by atoms with Crippen molar-refractivity contribution in [3.63, 3.8) is 0 Å². The number of amides is 2. The van der Waals surface area contributed by atoms with E-state index >= 15 is 0 Å². The first-order valence-corrected chi connectivity index (χ1v) is 11.0. The molecule has 0 radical (unpaired) electrons. The maximum atomic E-state index is 12.7. The normalized spacial score (nSPS) is 14.2. The first kappa shape index (κ1) is 22.7. The van der Waals surface area contributed by atoms with Crippen LogP contribution in [0.25, 0.3) is 0 Å². The van der Waals surface area contributed by atoms with E-state index in [0.29, 0.717) is 38.3 Å². The molecule has 0 unspecified atom stereocenters. The van der Waals surface area contributed by atoms with Gasteiger partial charge in [-0.2, -0.15) is 0 Å². The number of piperidine rings is 1. The van der Waals surface area contributed by atoms with Crippen molar-refractivity contribution in [3.8, 4) is 11.5 Å². The van der Waals surface area contributed by atoms with Gasteiger partial charge in [0.25, 0.3) is 5.91 Å². The van der Waals surface area contributed by atoms with Crippen molar-refractivity contribution in [1.29, 1.82) is 0 Å². The number of benzene rings is 2. The summed E-state index contributed by atoms with van der Waals surface area (Å²) in [5.74, 6) is 1.57. The fourth-order valence-corrected chi connectivity index (χ4v) is 3.85. The van der Waals surface area contributed by atoms with Crippen LogP contribution in [0, 0.1) is 13.8 Å². The first-order chi connectivity index (χ1) is 14.9. The van der Waals surface area contributed by atoms with Gasteiger partial charge in [0.1, 0.15) is 11.5 Å². The summed E-state index contributed by atoms with van der Waals surface area (Å²) in [5, 5.41) is 3.08. The molecule has 0 saturated carbocycles. The second-order valence-corrected chi connectivity index (χ2v) is 8.01. The highest BCUT2D eigenvalue weighted by Crippen LogP contribution is 2.18. The lowest BCUT2D eigenvalue weighted by molar-refractivity contribution is -0.122. The number of ether oxygens (including phenoxy) is 2. The highest BCUT2D eigenvalue weighted by molar-refractivity contribution is 5.94. The van der Waals surface area contributed by atoms with Gasteiger partial charge in [0.05, 0.1) is 19.6 Å². The molecule has 1 aliphatic heterocycles. The molecule has 1 saturated heterocycles. The predicted octanol–water partition coefficient (Wildman–Crippen LogP) is 3.89. The second kappa shape index (κ2) is 10.8. The minimum absolute atomic E-state index is 0.0133. The Morgan fingerprint density at radius 1 is 0.968 bits per heavy atom. The Hall–Kier alpha value is -3.02. The Bertz CT molecular complexity index is 867. The average molecular weight is 425 g/mol. The lowest BCUT2D eigenvalue weighted by Crippen LogP contribution is -2.46. The number of nitrogens with one attached hydrogen (secondary N) is 1. The largest absolute Gasteiger partial charge is 0.494 e. The third kappa shape index (κ3) is 6.74. The van der Waals surface area contributed by atoms with Gasteiger partial charge >= 0.3 is 0 Å². The molecule has 6 heteroatoms. The highest BCUT2D eigenvalue weighted by Gasteiger charge is 2.24. The third-order valence-corrected chi connectivity index (χ3v) is 5.35. The quantitative estimate of drug-likeness (QED) is 0.698. The van der Waals surface area contributed by atoms with Crippen LogP contribution in [0.5, 0.6) is 11.5 Å². The zero-order valence-electron chi connectivity index (χ0n) is 18.6. The molecule has 2 aromatic carbocycles. The Morgan fingerprint density at radius 2 is 1.61 bits per heavy atom. The van der Waals surface area contributed by atoms with Crippen LogP contribution in [0.3, 0.4) is 0 Å². The van der Waals surface area contributed by atoms with Crippen LogP contribution in [-0.4, -0.2) is 49.1 Å². The van der Waals surface area contributed by atoms with Gasteiger partial charge in [-0.05, 0) is 81.1 Å². The Balaban J connectivity index is 1.39. The van der Waals surface area contributed by atoms with Gasteiger partial charge in [-0.1, -0.05) is 6.07 Å². The van der Waals surface area contributed by atoms with Crippen molar-refractivity contribution in [2.24, 2.45) is 0 Å². The number of carbonyl (C=O) groups is 2. The van der Waals surface area contributed by atoms with E-state index in [4.69, 9.17) is 9.47 Å². The molecular weight excluding hydrogens is 392 g/mol. The number of likely N-dealkylation sites (tertiary alicyclic amines) is 1. The molecule has 0 spiro atoms. The molecule has 1 fully saturated rings. The van der Waals surface area contributed by atoms with Gasteiger partial charge in [-0.25, -0.2) is 0 Å². The summed E-state index contributed by atoms with van der Waals surface area (Å²) in [5.41, 5.74) is 2.95. The van der Waals surface area contributed by atoms with Crippen LogP contribution < -0.4 is 14.8 Å². The molecule has 2 amide bonds. The van der Waals surface area contributed by atoms with E-state index in [1.165, 1.54) is 0 Å². The van der Waals surface area contributed by atoms with Crippen LogP contribution in [0.15, 0.2) is 42.5 Å². The van der Waals surface area contributed by atoms with Crippen molar-refractivity contribution in [3.05, 3.63) is 59.2 Å². The molecule has 1 N–H and O–H groups in total. The maximum absolute atomic E-state index is 12.7. The molecule has 0 bridgehead atoms. The van der Waals surface area contributed by atoms with Crippen LogP contribution in [0.1, 0.15) is 47.7 Å². The number of aryl methyl sites for hydroxylation is 2. The summed E-state index contributed by atoms with van der Waals surface area (Å²) in [6.07, 6.45) is 1.83. The van der Waals surface area contributed by atoms with Crippen LogP contribution >= 0.6 is 0 Å². The summed E-state index contributed by atoms with van der Waals surface area (Å²) in [6.45, 7) is 8.21. The molecule has 1 aliphatic rings. The van der Waals surface area contributed by atoms with E-state index in [1.807, 2.05) is 49.9 Å². The number of nitrogens with zero attached hydrogens (tertiary/aromatic N) is 1. The minimum atomic E-state index is -0.0133. The molecule has 6 nitrogen and oxygen atoms in total.